The van der Waals surface area contributed by atoms with Crippen molar-refractivity contribution < 1.29 is 9.53 Å². The molecule has 0 unspecified atom stereocenters. The highest BCUT2D eigenvalue weighted by Crippen LogP contribution is 2.34. The monoisotopic (exact) mass is 329 g/mol. The summed E-state index contributed by atoms with van der Waals surface area (Å²) in [6.45, 7) is 9.79. The lowest BCUT2D eigenvalue weighted by Crippen LogP contribution is -2.38. The lowest BCUT2D eigenvalue weighted by molar-refractivity contribution is 0.0505. The van der Waals surface area contributed by atoms with Gasteiger partial charge in [-0.1, -0.05) is 6.07 Å². The molecule has 1 amide bonds. The van der Waals surface area contributed by atoms with Crippen LogP contribution in [0.4, 0.5) is 4.79 Å². The first-order valence-electron chi connectivity index (χ1n) is 8.67. The quantitative estimate of drug-likeness (QED) is 0.895. The van der Waals surface area contributed by atoms with Crippen LogP contribution in [0.2, 0.25) is 0 Å². The Bertz CT molecular complexity index is 758. The summed E-state index contributed by atoms with van der Waals surface area (Å²) in [7, 11) is 0. The minimum absolute atomic E-state index is 0.159. The van der Waals surface area contributed by atoms with Gasteiger partial charge in [-0.3, -0.25) is 0 Å². The topological polar surface area (TPSA) is 56.2 Å². The predicted octanol–water partition coefficient (Wildman–Crippen LogP) is 4.27. The van der Waals surface area contributed by atoms with Gasteiger partial charge in [0.2, 0.25) is 0 Å². The molecule has 3 rings (SSSR count). The molecule has 1 aromatic heterocycles. The van der Waals surface area contributed by atoms with E-state index in [2.05, 4.69) is 41.9 Å². The van der Waals surface area contributed by atoms with Crippen molar-refractivity contribution in [2.24, 2.45) is 0 Å². The van der Waals surface area contributed by atoms with Gasteiger partial charge in [-0.2, -0.15) is 0 Å². The molecule has 0 aliphatic heterocycles. The molecule has 24 heavy (non-hydrogen) atoms. The first kappa shape index (κ1) is 16.8. The molecule has 2 aromatic rings. The number of imidazole rings is 1. The van der Waals surface area contributed by atoms with Crippen molar-refractivity contribution in [2.75, 3.05) is 0 Å². The number of fused-ring (bicyclic) bond motifs is 1. The van der Waals surface area contributed by atoms with E-state index in [-0.39, 0.29) is 12.1 Å². The van der Waals surface area contributed by atoms with Gasteiger partial charge in [0.25, 0.3) is 0 Å². The molecule has 130 valence electrons. The Balaban J connectivity index is 1.72. The molecule has 1 aliphatic carbocycles. The number of ether oxygens (including phenoxy) is 1. The van der Waals surface area contributed by atoms with Gasteiger partial charge < -0.3 is 14.6 Å². The second-order valence-corrected chi connectivity index (χ2v) is 7.83. The number of nitrogens with one attached hydrogen (secondary N) is 1. The van der Waals surface area contributed by atoms with E-state index in [1.165, 1.54) is 11.1 Å². The van der Waals surface area contributed by atoms with E-state index in [1.807, 2.05) is 20.8 Å². The van der Waals surface area contributed by atoms with Gasteiger partial charge in [-0.05, 0) is 71.6 Å². The van der Waals surface area contributed by atoms with Crippen molar-refractivity contribution in [3.8, 4) is 0 Å². The molecule has 1 heterocycles. The molecular formula is C19H27N3O2. The number of carbonyl (C=O) groups excluding carboxylic acids is 1. The number of benzene rings is 1. The van der Waals surface area contributed by atoms with Crippen molar-refractivity contribution in [1.29, 1.82) is 0 Å². The van der Waals surface area contributed by atoms with Crippen LogP contribution in [0.25, 0.3) is 11.0 Å². The SMILES string of the molecule is Cc1ccc2c(c1)nc(C)n2[C@@H]1CC[C@H](NC(=O)OC(C)(C)C)C1. The fraction of sp³-hybridized carbons (Fsp3) is 0.579. The van der Waals surface area contributed by atoms with Crippen LogP contribution in [0.1, 0.15) is 57.5 Å². The number of rotatable bonds is 2. The number of hydrogen-bond donors (Lipinski definition) is 1. The maximum Gasteiger partial charge on any atom is 0.407 e. The Hall–Kier alpha value is -2.04. The zero-order chi connectivity index (χ0) is 17.5. The molecule has 0 radical (unpaired) electrons. The first-order chi connectivity index (χ1) is 11.2. The number of carbonyl (C=O) groups is 1. The number of hydrogen-bond acceptors (Lipinski definition) is 3. The van der Waals surface area contributed by atoms with E-state index in [0.29, 0.717) is 6.04 Å². The van der Waals surface area contributed by atoms with Crippen LogP contribution in [-0.4, -0.2) is 27.3 Å². The zero-order valence-corrected chi connectivity index (χ0v) is 15.2. The van der Waals surface area contributed by atoms with Gasteiger partial charge in [0.05, 0.1) is 11.0 Å². The largest absolute Gasteiger partial charge is 0.444 e. The summed E-state index contributed by atoms with van der Waals surface area (Å²) >= 11 is 0. The first-order valence-corrected chi connectivity index (χ1v) is 8.67. The molecule has 0 bridgehead atoms. The van der Waals surface area contributed by atoms with E-state index in [1.54, 1.807) is 0 Å². The molecule has 2 atom stereocenters. The highest BCUT2D eigenvalue weighted by Gasteiger charge is 2.30. The third-order valence-corrected chi connectivity index (χ3v) is 4.51. The van der Waals surface area contributed by atoms with E-state index in [4.69, 9.17) is 9.72 Å². The Morgan fingerprint density at radius 3 is 2.75 bits per heavy atom. The van der Waals surface area contributed by atoms with E-state index in [9.17, 15) is 4.79 Å². The second-order valence-electron chi connectivity index (χ2n) is 7.83. The normalized spacial score (nSPS) is 21.2. The second kappa shape index (κ2) is 6.11. The number of aryl methyl sites for hydroxylation is 2. The molecule has 1 N–H and O–H groups in total. The third kappa shape index (κ3) is 3.55. The fourth-order valence-electron chi connectivity index (χ4n) is 3.59. The smallest absolute Gasteiger partial charge is 0.407 e. The van der Waals surface area contributed by atoms with Crippen LogP contribution in [0.15, 0.2) is 18.2 Å². The van der Waals surface area contributed by atoms with E-state index >= 15 is 0 Å². The van der Waals surface area contributed by atoms with Gasteiger partial charge in [0.1, 0.15) is 11.4 Å². The van der Waals surface area contributed by atoms with Crippen molar-refractivity contribution in [3.05, 3.63) is 29.6 Å². The lowest BCUT2D eigenvalue weighted by Gasteiger charge is -2.22. The highest BCUT2D eigenvalue weighted by molar-refractivity contribution is 5.77. The third-order valence-electron chi connectivity index (χ3n) is 4.51. The van der Waals surface area contributed by atoms with Crippen LogP contribution in [0.5, 0.6) is 0 Å². The standard InChI is InChI=1S/C19H27N3O2/c1-12-6-9-17-16(10-12)20-13(2)22(17)15-8-7-14(11-15)21-18(23)24-19(3,4)5/h6,9-10,14-15H,7-8,11H2,1-5H3,(H,21,23)/t14-,15+/m0/s1. The van der Waals surface area contributed by atoms with Gasteiger partial charge >= 0.3 is 6.09 Å². The zero-order valence-electron chi connectivity index (χ0n) is 15.2. The summed E-state index contributed by atoms with van der Waals surface area (Å²) < 4.78 is 7.69. The molecule has 5 nitrogen and oxygen atoms in total. The minimum atomic E-state index is -0.461. The number of amides is 1. The lowest BCUT2D eigenvalue weighted by atomic mass is 10.2. The molecule has 1 aliphatic rings. The van der Waals surface area contributed by atoms with Gasteiger partial charge in [-0.25, -0.2) is 9.78 Å². The average Bonchev–Trinajstić information content (AvgIpc) is 2.99. The van der Waals surface area contributed by atoms with Crippen molar-refractivity contribution in [3.63, 3.8) is 0 Å². The van der Waals surface area contributed by atoms with Crippen molar-refractivity contribution >= 4 is 17.1 Å². The van der Waals surface area contributed by atoms with Crippen LogP contribution in [0.3, 0.4) is 0 Å². The molecule has 0 saturated heterocycles. The highest BCUT2D eigenvalue weighted by atomic mass is 16.6. The summed E-state index contributed by atoms with van der Waals surface area (Å²) in [6.07, 6.45) is 2.60. The van der Waals surface area contributed by atoms with Crippen molar-refractivity contribution in [2.45, 2.75) is 71.6 Å². The van der Waals surface area contributed by atoms with Crippen molar-refractivity contribution in [1.82, 2.24) is 14.9 Å². The number of alkyl carbamates (subject to hydrolysis) is 1. The summed E-state index contributed by atoms with van der Waals surface area (Å²) in [6, 6.07) is 6.94. The summed E-state index contributed by atoms with van der Waals surface area (Å²) in [5, 5.41) is 3.01. The summed E-state index contributed by atoms with van der Waals surface area (Å²) in [4.78, 5) is 16.7. The molecule has 0 spiro atoms. The Labute approximate surface area is 143 Å². The maximum atomic E-state index is 12.0. The number of aromatic nitrogens is 2. The summed E-state index contributed by atoms with van der Waals surface area (Å²) in [5.74, 6) is 1.04. The van der Waals surface area contributed by atoms with E-state index in [0.717, 1.165) is 30.6 Å². The average molecular weight is 329 g/mol. The molecule has 1 saturated carbocycles. The van der Waals surface area contributed by atoms with Gasteiger partial charge in [0, 0.05) is 12.1 Å². The van der Waals surface area contributed by atoms with Crippen LogP contribution < -0.4 is 5.32 Å². The molecule has 1 aromatic carbocycles. The fourth-order valence-corrected chi connectivity index (χ4v) is 3.59. The Morgan fingerprint density at radius 1 is 1.29 bits per heavy atom. The predicted molar refractivity (Wildman–Crippen MR) is 95.3 cm³/mol. The molecular weight excluding hydrogens is 302 g/mol. The Morgan fingerprint density at radius 2 is 2.04 bits per heavy atom. The molecule has 5 heteroatoms. The van der Waals surface area contributed by atoms with Gasteiger partial charge in [0.15, 0.2) is 0 Å². The van der Waals surface area contributed by atoms with E-state index < -0.39 is 5.60 Å². The minimum Gasteiger partial charge on any atom is -0.444 e. The Kier molecular flexibility index (Phi) is 4.28. The number of nitrogens with zero attached hydrogens (tertiary/aromatic N) is 2. The van der Waals surface area contributed by atoms with Crippen LogP contribution in [0, 0.1) is 13.8 Å². The van der Waals surface area contributed by atoms with Crippen LogP contribution >= 0.6 is 0 Å². The maximum absolute atomic E-state index is 12.0. The van der Waals surface area contributed by atoms with Crippen LogP contribution in [-0.2, 0) is 4.74 Å². The van der Waals surface area contributed by atoms with Gasteiger partial charge in [-0.15, -0.1) is 0 Å². The summed E-state index contributed by atoms with van der Waals surface area (Å²) in [5.41, 5.74) is 3.00. The molecule has 1 fully saturated rings.